The number of hydrogen-bond acceptors (Lipinski definition) is 1. The van der Waals surface area contributed by atoms with Gasteiger partial charge in [0.25, 0.3) is 0 Å². The van der Waals surface area contributed by atoms with Gasteiger partial charge in [-0.2, -0.15) is 0 Å². The molecular weight excluding hydrogens is 356 g/mol. The maximum Gasteiger partial charge on any atom is 0.177 e. The fourth-order valence-electron chi connectivity index (χ4n) is 3.71. The summed E-state index contributed by atoms with van der Waals surface area (Å²) >= 11 is 0. The molecule has 0 bridgehead atoms. The van der Waals surface area contributed by atoms with Crippen molar-refractivity contribution in [3.05, 3.63) is 42.5 Å². The van der Waals surface area contributed by atoms with Gasteiger partial charge in [0.05, 0.1) is 20.6 Å². The molecule has 157 valence electrons. The first-order valence-corrected chi connectivity index (χ1v) is 12.4. The van der Waals surface area contributed by atoms with Gasteiger partial charge in [0, 0.05) is 41.0 Å². The van der Waals surface area contributed by atoms with Gasteiger partial charge >= 0.3 is 0 Å². The van der Waals surface area contributed by atoms with E-state index in [-0.39, 0.29) is 0 Å². The molecule has 0 atom stereocenters. The summed E-state index contributed by atoms with van der Waals surface area (Å²) in [6, 6.07) is 1.11. The van der Waals surface area contributed by atoms with E-state index in [9.17, 15) is 0 Å². The summed E-state index contributed by atoms with van der Waals surface area (Å²) < 4.78 is 0.982. The molecule has 0 aromatic carbocycles. The standard InChI is InChI=1S/C25H45N2Si/c1-27(2,24-25-18-13-12-14-19-25)22-16-11-9-7-5-3-4-6-8-10-15-20-26-21-17-23-28/h12-14,18-19,24,26H,3-11,15-17,20-23H2,1-2H3/q+2. The maximum atomic E-state index is 3.51. The van der Waals surface area contributed by atoms with E-state index in [1.54, 1.807) is 0 Å². The van der Waals surface area contributed by atoms with Crippen LogP contribution in [0, 0.1) is 6.42 Å². The van der Waals surface area contributed by atoms with Crippen molar-refractivity contribution < 1.29 is 4.48 Å². The van der Waals surface area contributed by atoms with Crippen molar-refractivity contribution in [3.63, 3.8) is 0 Å². The van der Waals surface area contributed by atoms with Gasteiger partial charge in [-0.3, -0.25) is 4.48 Å². The van der Waals surface area contributed by atoms with Gasteiger partial charge < -0.3 is 5.32 Å². The summed E-state index contributed by atoms with van der Waals surface area (Å²) in [6.07, 6.45) is 29.8. The molecule has 1 N–H and O–H groups in total. The first-order chi connectivity index (χ1) is 13.6. The average molecular weight is 402 g/mol. The van der Waals surface area contributed by atoms with Gasteiger partial charge in [0.2, 0.25) is 0 Å². The largest absolute Gasteiger partial charge is 0.317 e. The van der Waals surface area contributed by atoms with Crippen molar-refractivity contribution in [2.45, 2.75) is 83.1 Å². The molecule has 1 rings (SSSR count). The lowest BCUT2D eigenvalue weighted by molar-refractivity contribution is -0.839. The summed E-state index contributed by atoms with van der Waals surface area (Å²) in [5, 5.41) is 3.51. The van der Waals surface area contributed by atoms with Crippen LogP contribution >= 0.6 is 0 Å². The summed E-state index contributed by atoms with van der Waals surface area (Å²) in [7, 11) is 8.14. The highest BCUT2D eigenvalue weighted by atomic mass is 28.1. The fourth-order valence-corrected chi connectivity index (χ4v) is 3.88. The second-order valence-corrected chi connectivity index (χ2v) is 9.28. The molecule has 0 fully saturated rings. The topological polar surface area (TPSA) is 12.0 Å². The normalized spacial score (nSPS) is 15.3. The van der Waals surface area contributed by atoms with Crippen LogP contribution in [0.1, 0.15) is 77.0 Å². The van der Waals surface area contributed by atoms with Crippen LogP contribution in [0.3, 0.4) is 0 Å². The van der Waals surface area contributed by atoms with Crippen LogP contribution in [0.2, 0.25) is 6.04 Å². The van der Waals surface area contributed by atoms with Gasteiger partial charge in [-0.05, 0) is 38.8 Å². The Labute approximate surface area is 179 Å². The van der Waals surface area contributed by atoms with Gasteiger partial charge in [-0.25, -0.2) is 0 Å². The van der Waals surface area contributed by atoms with Crippen LogP contribution in [0.25, 0.3) is 0 Å². The Kier molecular flexibility index (Phi) is 15.4. The quantitative estimate of drug-likeness (QED) is 0.126. The zero-order chi connectivity index (χ0) is 20.3. The monoisotopic (exact) mass is 401 g/mol. The van der Waals surface area contributed by atoms with Crippen molar-refractivity contribution in [2.24, 2.45) is 0 Å². The van der Waals surface area contributed by atoms with E-state index in [2.05, 4.69) is 66.6 Å². The maximum absolute atomic E-state index is 3.51. The highest BCUT2D eigenvalue weighted by Crippen LogP contribution is 2.15. The Morgan fingerprint density at radius 1 is 0.821 bits per heavy atom. The zero-order valence-electron chi connectivity index (χ0n) is 18.7. The molecule has 28 heavy (non-hydrogen) atoms. The van der Waals surface area contributed by atoms with E-state index in [1.165, 1.54) is 95.7 Å². The molecule has 0 unspecified atom stereocenters. The molecule has 1 aliphatic rings. The number of allylic oxidation sites excluding steroid dienone is 5. The van der Waals surface area contributed by atoms with Gasteiger partial charge in [0.1, 0.15) is 5.57 Å². The van der Waals surface area contributed by atoms with Crippen molar-refractivity contribution in [1.82, 2.24) is 5.32 Å². The molecule has 1 aliphatic carbocycles. The number of rotatable bonds is 18. The molecule has 0 spiro atoms. The summed E-state index contributed by atoms with van der Waals surface area (Å²) in [6.45, 7) is 3.59. The Hall–Kier alpha value is -0.773. The molecule has 0 amide bonds. The molecule has 3 heteroatoms. The fraction of sp³-hybridized carbons (Fsp3) is 0.720. The minimum atomic E-state index is 0.982. The Morgan fingerprint density at radius 3 is 1.96 bits per heavy atom. The van der Waals surface area contributed by atoms with Crippen LogP contribution in [-0.4, -0.2) is 48.5 Å². The van der Waals surface area contributed by atoms with Crippen molar-refractivity contribution in [2.75, 3.05) is 33.7 Å². The van der Waals surface area contributed by atoms with Gasteiger partial charge in [-0.1, -0.05) is 57.4 Å². The average Bonchev–Trinajstić information content (AvgIpc) is 2.68. The molecule has 0 aromatic rings. The first kappa shape index (κ1) is 25.3. The molecule has 0 saturated heterocycles. The second-order valence-electron chi connectivity index (χ2n) is 8.78. The molecular formula is C25H45N2Si+2. The van der Waals surface area contributed by atoms with Gasteiger partial charge in [0.15, 0.2) is 6.20 Å². The number of quaternary nitrogens is 1. The van der Waals surface area contributed by atoms with Crippen molar-refractivity contribution in [3.8, 4) is 0 Å². The minimum absolute atomic E-state index is 0.982. The number of nitrogens with zero attached hydrogens (tertiary/aromatic N) is 1. The number of unbranched alkanes of at least 4 members (excludes halogenated alkanes) is 10. The lowest BCUT2D eigenvalue weighted by atomic mass is 10.1. The lowest BCUT2D eigenvalue weighted by Gasteiger charge is -2.22. The van der Waals surface area contributed by atoms with E-state index in [0.717, 1.165) is 17.1 Å². The predicted molar refractivity (Wildman–Crippen MR) is 126 cm³/mol. The van der Waals surface area contributed by atoms with Crippen LogP contribution < -0.4 is 5.32 Å². The zero-order valence-corrected chi connectivity index (χ0v) is 19.7. The highest BCUT2D eigenvalue weighted by molar-refractivity contribution is 6.08. The van der Waals surface area contributed by atoms with Crippen LogP contribution in [0.4, 0.5) is 0 Å². The number of nitrogens with one attached hydrogen (secondary N) is 1. The minimum Gasteiger partial charge on any atom is -0.317 e. The van der Waals surface area contributed by atoms with E-state index < -0.39 is 0 Å². The SMILES string of the molecule is C[N+](C)(C=C1C=CC=C[CH+]1)CCCCCCCCCCCCCNCCC[Si]. The summed E-state index contributed by atoms with van der Waals surface area (Å²) in [4.78, 5) is 0. The van der Waals surface area contributed by atoms with E-state index in [0.29, 0.717) is 0 Å². The Bertz CT molecular complexity index is 451. The third-order valence-corrected chi connectivity index (χ3v) is 5.77. The predicted octanol–water partition coefficient (Wildman–Crippen LogP) is 6.13. The highest BCUT2D eigenvalue weighted by Gasteiger charge is 2.17. The third-order valence-electron chi connectivity index (χ3n) is 5.42. The Balaban J connectivity index is 1.84. The lowest BCUT2D eigenvalue weighted by Crippen LogP contribution is -2.34. The smallest absolute Gasteiger partial charge is 0.177 e. The van der Waals surface area contributed by atoms with E-state index in [1.807, 2.05) is 0 Å². The van der Waals surface area contributed by atoms with E-state index >= 15 is 0 Å². The summed E-state index contributed by atoms with van der Waals surface area (Å²) in [5.41, 5.74) is 1.33. The first-order valence-electron chi connectivity index (χ1n) is 11.7. The van der Waals surface area contributed by atoms with Crippen LogP contribution in [0.5, 0.6) is 0 Å². The molecule has 3 radical (unpaired) electrons. The van der Waals surface area contributed by atoms with Crippen molar-refractivity contribution in [1.29, 1.82) is 0 Å². The molecule has 0 heterocycles. The van der Waals surface area contributed by atoms with Gasteiger partial charge in [-0.15, -0.1) is 0 Å². The molecule has 0 aliphatic heterocycles. The van der Waals surface area contributed by atoms with Crippen molar-refractivity contribution >= 4 is 10.2 Å². The van der Waals surface area contributed by atoms with Crippen LogP contribution in [0.15, 0.2) is 36.1 Å². The summed E-state index contributed by atoms with van der Waals surface area (Å²) in [5.74, 6) is 0. The van der Waals surface area contributed by atoms with E-state index in [4.69, 9.17) is 0 Å². The van der Waals surface area contributed by atoms with Crippen LogP contribution in [-0.2, 0) is 0 Å². The Morgan fingerprint density at radius 2 is 1.39 bits per heavy atom. The molecule has 0 saturated carbocycles. The molecule has 0 aromatic heterocycles. The number of hydrogen-bond donors (Lipinski definition) is 1. The third kappa shape index (κ3) is 15.2. The second kappa shape index (κ2) is 17.1. The molecule has 2 nitrogen and oxygen atoms in total.